The fourth-order valence-electron chi connectivity index (χ4n) is 1.09. The smallest absolute Gasteiger partial charge is 0.335 e. The van der Waals surface area contributed by atoms with Crippen LogP contribution in [0, 0.1) is 6.57 Å². The van der Waals surface area contributed by atoms with Gasteiger partial charge in [-0.25, -0.2) is 11.4 Å². The molecule has 0 amide bonds. The molecule has 0 aliphatic heterocycles. The van der Waals surface area contributed by atoms with Crippen LogP contribution in [0.15, 0.2) is 24.3 Å². The lowest BCUT2D eigenvalue weighted by Gasteiger charge is -2.10. The van der Waals surface area contributed by atoms with E-state index < -0.39 is 11.5 Å². The summed E-state index contributed by atoms with van der Waals surface area (Å²) in [7, 11) is 0. The van der Waals surface area contributed by atoms with Crippen LogP contribution in [0.3, 0.4) is 0 Å². The van der Waals surface area contributed by atoms with E-state index in [2.05, 4.69) is 4.85 Å². The maximum absolute atomic E-state index is 10.6. The van der Waals surface area contributed by atoms with E-state index in [0.29, 0.717) is 0 Å². The Kier molecular flexibility index (Phi) is 2.57. The highest BCUT2D eigenvalue weighted by Gasteiger charge is 2.25. The lowest BCUT2D eigenvalue weighted by molar-refractivity contribution is 0.0697. The van der Waals surface area contributed by atoms with E-state index in [1.54, 1.807) is 26.0 Å². The monoisotopic (exact) mass is 189 g/mol. The zero-order valence-electron chi connectivity index (χ0n) is 8.11. The van der Waals surface area contributed by atoms with Crippen LogP contribution in [0.2, 0.25) is 0 Å². The van der Waals surface area contributed by atoms with Crippen LogP contribution >= 0.6 is 0 Å². The number of carboxylic acid groups (broad SMARTS) is 1. The number of aromatic carboxylic acids is 1. The fourth-order valence-corrected chi connectivity index (χ4v) is 1.09. The van der Waals surface area contributed by atoms with Crippen molar-refractivity contribution >= 4 is 5.97 Å². The minimum absolute atomic E-state index is 0.245. The quantitative estimate of drug-likeness (QED) is 0.726. The van der Waals surface area contributed by atoms with Crippen LogP contribution in [-0.2, 0) is 5.54 Å². The Labute approximate surface area is 82.8 Å². The zero-order chi connectivity index (χ0) is 10.8. The molecule has 0 bridgehead atoms. The first-order valence-electron chi connectivity index (χ1n) is 4.20. The van der Waals surface area contributed by atoms with Crippen LogP contribution in [0.4, 0.5) is 0 Å². The molecule has 72 valence electrons. The highest BCUT2D eigenvalue weighted by Crippen LogP contribution is 2.24. The van der Waals surface area contributed by atoms with Gasteiger partial charge in [0.1, 0.15) is 0 Å². The van der Waals surface area contributed by atoms with E-state index in [0.717, 1.165) is 5.56 Å². The number of nitrogens with zero attached hydrogens (tertiary/aromatic N) is 1. The van der Waals surface area contributed by atoms with Gasteiger partial charge in [-0.05, 0) is 12.1 Å². The summed E-state index contributed by atoms with van der Waals surface area (Å²) in [6, 6.07) is 6.40. The van der Waals surface area contributed by atoms with E-state index in [4.69, 9.17) is 11.7 Å². The van der Waals surface area contributed by atoms with Crippen LogP contribution < -0.4 is 0 Å². The molecule has 0 aromatic heterocycles. The molecule has 1 aromatic carbocycles. The molecule has 0 unspecified atom stereocenters. The van der Waals surface area contributed by atoms with Crippen LogP contribution in [0.25, 0.3) is 4.85 Å². The van der Waals surface area contributed by atoms with Gasteiger partial charge in [0, 0.05) is 19.4 Å². The first-order valence-corrected chi connectivity index (χ1v) is 4.20. The number of hydrogen-bond acceptors (Lipinski definition) is 1. The van der Waals surface area contributed by atoms with Gasteiger partial charge in [0.25, 0.3) is 5.54 Å². The van der Waals surface area contributed by atoms with E-state index in [9.17, 15) is 4.79 Å². The lowest BCUT2D eigenvalue weighted by Crippen LogP contribution is -2.11. The van der Waals surface area contributed by atoms with Gasteiger partial charge in [0.15, 0.2) is 0 Å². The second kappa shape index (κ2) is 3.51. The molecule has 1 N–H and O–H groups in total. The molecule has 1 rings (SSSR count). The molecule has 0 saturated heterocycles. The number of rotatable bonds is 2. The van der Waals surface area contributed by atoms with Crippen LogP contribution in [0.1, 0.15) is 29.8 Å². The topological polar surface area (TPSA) is 41.7 Å². The van der Waals surface area contributed by atoms with Crippen molar-refractivity contribution in [1.29, 1.82) is 0 Å². The second-order valence-electron chi connectivity index (χ2n) is 3.55. The predicted octanol–water partition coefficient (Wildman–Crippen LogP) is 2.54. The molecular weight excluding hydrogens is 178 g/mol. The number of hydrogen-bond donors (Lipinski definition) is 1. The van der Waals surface area contributed by atoms with E-state index in [-0.39, 0.29) is 5.56 Å². The summed E-state index contributed by atoms with van der Waals surface area (Å²) >= 11 is 0. The molecule has 0 atom stereocenters. The molecule has 0 aliphatic rings. The third-order valence-electron chi connectivity index (χ3n) is 2.12. The first kappa shape index (κ1) is 10.3. The van der Waals surface area contributed by atoms with Crippen molar-refractivity contribution in [2.45, 2.75) is 19.4 Å². The average molecular weight is 189 g/mol. The van der Waals surface area contributed by atoms with Crippen molar-refractivity contribution in [1.82, 2.24) is 0 Å². The molecule has 0 radical (unpaired) electrons. The molecule has 0 heterocycles. The molecule has 0 fully saturated rings. The van der Waals surface area contributed by atoms with Crippen LogP contribution in [-0.4, -0.2) is 11.1 Å². The summed E-state index contributed by atoms with van der Waals surface area (Å²) in [6.45, 7) is 10.6. The molecule has 14 heavy (non-hydrogen) atoms. The summed E-state index contributed by atoms with van der Waals surface area (Å²) in [6.07, 6.45) is 0. The van der Waals surface area contributed by atoms with E-state index in [1.807, 2.05) is 0 Å². The molecular formula is C11H11NO2. The molecule has 0 spiro atoms. The Morgan fingerprint density at radius 2 is 1.86 bits per heavy atom. The van der Waals surface area contributed by atoms with Gasteiger partial charge in [-0.3, -0.25) is 0 Å². The summed E-state index contributed by atoms with van der Waals surface area (Å²) in [5.41, 5.74) is 0.490. The van der Waals surface area contributed by atoms with Gasteiger partial charge >= 0.3 is 5.97 Å². The van der Waals surface area contributed by atoms with Gasteiger partial charge in [-0.15, -0.1) is 0 Å². The Balaban J connectivity index is 3.07. The third-order valence-corrected chi connectivity index (χ3v) is 2.12. The Hall–Kier alpha value is -1.82. The normalized spacial score (nSPS) is 10.6. The van der Waals surface area contributed by atoms with E-state index >= 15 is 0 Å². The number of benzene rings is 1. The summed E-state index contributed by atoms with van der Waals surface area (Å²) in [4.78, 5) is 14.0. The average Bonchev–Trinajstić information content (AvgIpc) is 2.18. The fraction of sp³-hybridized carbons (Fsp3) is 0.273. The van der Waals surface area contributed by atoms with Crippen molar-refractivity contribution in [3.05, 3.63) is 46.8 Å². The van der Waals surface area contributed by atoms with Gasteiger partial charge in [0.05, 0.1) is 5.56 Å². The van der Waals surface area contributed by atoms with Gasteiger partial charge in [-0.2, -0.15) is 0 Å². The second-order valence-corrected chi connectivity index (χ2v) is 3.55. The highest BCUT2D eigenvalue weighted by molar-refractivity contribution is 5.87. The summed E-state index contributed by atoms with van der Waals surface area (Å²) in [5, 5.41) is 8.68. The van der Waals surface area contributed by atoms with Crippen molar-refractivity contribution in [2.75, 3.05) is 0 Å². The summed E-state index contributed by atoms with van der Waals surface area (Å²) in [5.74, 6) is -0.947. The lowest BCUT2D eigenvalue weighted by atomic mass is 9.94. The SMILES string of the molecule is [C-]#[N+]C(C)(C)c1ccc(C(=O)O)cc1. The van der Waals surface area contributed by atoms with Gasteiger partial charge in [0.2, 0.25) is 0 Å². The highest BCUT2D eigenvalue weighted by atomic mass is 16.4. The Morgan fingerprint density at radius 1 is 1.36 bits per heavy atom. The van der Waals surface area contributed by atoms with Crippen LogP contribution in [0.5, 0.6) is 0 Å². The molecule has 1 aromatic rings. The third kappa shape index (κ3) is 1.91. The molecule has 3 heteroatoms. The Bertz CT molecular complexity index is 385. The number of carbonyl (C=O) groups is 1. The molecule has 0 aliphatic carbocycles. The zero-order valence-corrected chi connectivity index (χ0v) is 8.11. The van der Waals surface area contributed by atoms with Crippen molar-refractivity contribution < 1.29 is 9.90 Å². The minimum Gasteiger partial charge on any atom is -0.478 e. The predicted molar refractivity (Wildman–Crippen MR) is 53.0 cm³/mol. The standard InChI is InChI=1S/C11H11NO2/c1-11(2,12-3)9-6-4-8(5-7-9)10(13)14/h4-7H,1-2H3,(H,13,14). The largest absolute Gasteiger partial charge is 0.478 e. The van der Waals surface area contributed by atoms with Crippen molar-refractivity contribution in [2.24, 2.45) is 0 Å². The van der Waals surface area contributed by atoms with Crippen molar-refractivity contribution in [3.63, 3.8) is 0 Å². The van der Waals surface area contributed by atoms with Gasteiger partial charge < -0.3 is 9.95 Å². The Morgan fingerprint density at radius 3 is 2.21 bits per heavy atom. The first-order chi connectivity index (χ1) is 6.47. The minimum atomic E-state index is -0.947. The maximum Gasteiger partial charge on any atom is 0.335 e. The van der Waals surface area contributed by atoms with E-state index in [1.165, 1.54) is 12.1 Å². The molecule has 3 nitrogen and oxygen atoms in total. The number of carboxylic acids is 1. The van der Waals surface area contributed by atoms with Gasteiger partial charge in [-0.1, -0.05) is 12.1 Å². The molecule has 0 saturated carbocycles. The summed E-state index contributed by atoms with van der Waals surface area (Å²) < 4.78 is 0. The maximum atomic E-state index is 10.6. The van der Waals surface area contributed by atoms with Crippen molar-refractivity contribution in [3.8, 4) is 0 Å².